The van der Waals surface area contributed by atoms with Gasteiger partial charge in [-0.05, 0) is 23.3 Å². The zero-order valence-corrected chi connectivity index (χ0v) is 14.4. The summed E-state index contributed by atoms with van der Waals surface area (Å²) in [6.45, 7) is 2.00. The Morgan fingerprint density at radius 3 is 2.33 bits per heavy atom. The molecule has 0 aromatic heterocycles. The number of carbonyl (C=O) groups is 1. The molecule has 0 aliphatic heterocycles. The van der Waals surface area contributed by atoms with Gasteiger partial charge >= 0.3 is 0 Å². The number of amides is 1. The van der Waals surface area contributed by atoms with Gasteiger partial charge in [0, 0.05) is 18.2 Å². The van der Waals surface area contributed by atoms with Crippen LogP contribution in [0.25, 0.3) is 0 Å². The highest BCUT2D eigenvalue weighted by atomic mass is 32.2. The van der Waals surface area contributed by atoms with Crippen molar-refractivity contribution in [2.24, 2.45) is 11.7 Å². The number of nitrogens with one attached hydrogen (secondary N) is 1. The molecule has 6 heteroatoms. The summed E-state index contributed by atoms with van der Waals surface area (Å²) in [5, 5.41) is 2.75. The van der Waals surface area contributed by atoms with E-state index in [4.69, 9.17) is 5.73 Å². The maximum Gasteiger partial charge on any atom is 0.228 e. The molecule has 1 atom stereocenters. The van der Waals surface area contributed by atoms with Gasteiger partial charge in [-0.15, -0.1) is 0 Å². The van der Waals surface area contributed by atoms with Gasteiger partial charge in [-0.1, -0.05) is 49.4 Å². The summed E-state index contributed by atoms with van der Waals surface area (Å²) in [5.41, 5.74) is 7.45. The smallest absolute Gasteiger partial charge is 0.228 e. The number of rotatable bonds is 7. The molecule has 2 aromatic carbocycles. The molecular weight excluding hydrogens is 324 g/mol. The van der Waals surface area contributed by atoms with Crippen molar-refractivity contribution in [2.45, 2.75) is 18.4 Å². The number of carbonyl (C=O) groups excluding carboxylic acids is 1. The molecule has 0 saturated carbocycles. The lowest BCUT2D eigenvalue weighted by Crippen LogP contribution is -2.26. The summed E-state index contributed by atoms with van der Waals surface area (Å²) in [6, 6.07) is 16.0. The fourth-order valence-corrected chi connectivity index (χ4v) is 3.73. The molecule has 5 nitrogen and oxygen atoms in total. The lowest BCUT2D eigenvalue weighted by molar-refractivity contribution is -0.119. The Labute approximate surface area is 142 Å². The van der Waals surface area contributed by atoms with E-state index in [0.717, 1.165) is 5.56 Å². The molecule has 0 heterocycles. The third kappa shape index (κ3) is 5.47. The lowest BCUT2D eigenvalue weighted by Gasteiger charge is -2.11. The van der Waals surface area contributed by atoms with Crippen LogP contribution < -0.4 is 11.1 Å². The van der Waals surface area contributed by atoms with Gasteiger partial charge in [-0.3, -0.25) is 4.79 Å². The van der Waals surface area contributed by atoms with Crippen LogP contribution in [0, 0.1) is 5.92 Å². The van der Waals surface area contributed by atoms with E-state index in [-0.39, 0.29) is 29.9 Å². The maximum atomic E-state index is 12.4. The maximum absolute atomic E-state index is 12.4. The highest BCUT2D eigenvalue weighted by Gasteiger charge is 2.15. The highest BCUT2D eigenvalue weighted by molar-refractivity contribution is 7.89. The van der Waals surface area contributed by atoms with Crippen LogP contribution in [-0.2, 0) is 26.1 Å². The first kappa shape index (κ1) is 18.2. The molecule has 0 radical (unpaired) electrons. The van der Waals surface area contributed by atoms with Crippen molar-refractivity contribution >= 4 is 21.4 Å². The van der Waals surface area contributed by atoms with Crippen LogP contribution in [0.4, 0.5) is 5.69 Å². The zero-order valence-electron chi connectivity index (χ0n) is 13.6. The molecule has 24 heavy (non-hydrogen) atoms. The Balaban J connectivity index is 2.07. The van der Waals surface area contributed by atoms with E-state index in [2.05, 4.69) is 5.32 Å². The van der Waals surface area contributed by atoms with Crippen LogP contribution in [-0.4, -0.2) is 20.9 Å². The molecule has 0 bridgehead atoms. The summed E-state index contributed by atoms with van der Waals surface area (Å²) in [5.74, 6) is -0.551. The van der Waals surface area contributed by atoms with Crippen LogP contribution in [0.3, 0.4) is 0 Å². The van der Waals surface area contributed by atoms with Crippen molar-refractivity contribution < 1.29 is 13.2 Å². The number of hydrogen-bond acceptors (Lipinski definition) is 4. The van der Waals surface area contributed by atoms with E-state index in [1.807, 2.05) is 18.2 Å². The Hall–Kier alpha value is -2.18. The summed E-state index contributed by atoms with van der Waals surface area (Å²) in [4.78, 5) is 11.9. The fourth-order valence-electron chi connectivity index (χ4n) is 2.24. The summed E-state index contributed by atoms with van der Waals surface area (Å²) >= 11 is 0. The van der Waals surface area contributed by atoms with Gasteiger partial charge in [-0.2, -0.15) is 0 Å². The normalized spacial score (nSPS) is 12.6. The van der Waals surface area contributed by atoms with Crippen LogP contribution in [0.1, 0.15) is 18.1 Å². The molecule has 2 aromatic rings. The third-order valence-corrected chi connectivity index (χ3v) is 5.16. The van der Waals surface area contributed by atoms with Gasteiger partial charge in [0.15, 0.2) is 9.84 Å². The first-order chi connectivity index (χ1) is 11.4. The number of hydrogen-bond donors (Lipinski definition) is 2. The lowest BCUT2D eigenvalue weighted by atomic mass is 10.1. The molecular formula is C18H22N2O3S. The molecule has 0 fully saturated rings. The molecule has 1 unspecified atom stereocenters. The first-order valence-corrected chi connectivity index (χ1v) is 9.56. The van der Waals surface area contributed by atoms with Crippen molar-refractivity contribution in [3.8, 4) is 0 Å². The Morgan fingerprint density at radius 2 is 1.67 bits per heavy atom. The molecule has 0 saturated heterocycles. The number of sulfone groups is 1. The van der Waals surface area contributed by atoms with E-state index in [1.165, 1.54) is 0 Å². The third-order valence-electron chi connectivity index (χ3n) is 3.61. The Morgan fingerprint density at radius 1 is 1.04 bits per heavy atom. The second-order valence-corrected chi connectivity index (χ2v) is 7.91. The molecule has 128 valence electrons. The minimum Gasteiger partial charge on any atom is -0.330 e. The van der Waals surface area contributed by atoms with Crippen LogP contribution in [0.15, 0.2) is 54.6 Å². The standard InChI is InChI=1S/C18H22N2O3S/c1-14(11-19)18(21)20-17-9-5-8-16(10-17)13-24(22,23)12-15-6-3-2-4-7-15/h2-10,14H,11-13,19H2,1H3,(H,20,21). The SMILES string of the molecule is CC(CN)C(=O)Nc1cccc(CS(=O)(=O)Cc2ccccc2)c1. The monoisotopic (exact) mass is 346 g/mol. The van der Waals surface area contributed by atoms with E-state index < -0.39 is 9.84 Å². The van der Waals surface area contributed by atoms with Crippen molar-refractivity contribution in [1.29, 1.82) is 0 Å². The molecule has 0 aliphatic carbocycles. The average Bonchev–Trinajstić information content (AvgIpc) is 2.54. The Kier molecular flexibility index (Phi) is 6.11. The second-order valence-electron chi connectivity index (χ2n) is 5.84. The first-order valence-electron chi connectivity index (χ1n) is 7.74. The average molecular weight is 346 g/mol. The predicted molar refractivity (Wildman–Crippen MR) is 96.1 cm³/mol. The molecule has 0 aliphatic rings. The minimum absolute atomic E-state index is 0.00532. The van der Waals surface area contributed by atoms with E-state index >= 15 is 0 Å². The van der Waals surface area contributed by atoms with Gasteiger partial charge < -0.3 is 11.1 Å². The largest absolute Gasteiger partial charge is 0.330 e. The summed E-state index contributed by atoms with van der Waals surface area (Å²) < 4.78 is 24.7. The fraction of sp³-hybridized carbons (Fsp3) is 0.278. The minimum atomic E-state index is -3.29. The molecule has 3 N–H and O–H groups in total. The summed E-state index contributed by atoms with van der Waals surface area (Å²) in [6.07, 6.45) is 0. The molecule has 2 rings (SSSR count). The van der Waals surface area contributed by atoms with Crippen LogP contribution in [0.2, 0.25) is 0 Å². The van der Waals surface area contributed by atoms with Crippen molar-refractivity contribution in [2.75, 3.05) is 11.9 Å². The highest BCUT2D eigenvalue weighted by Crippen LogP contribution is 2.17. The van der Waals surface area contributed by atoms with Gasteiger partial charge in [0.25, 0.3) is 0 Å². The number of benzene rings is 2. The van der Waals surface area contributed by atoms with Crippen LogP contribution >= 0.6 is 0 Å². The number of anilines is 1. The van der Waals surface area contributed by atoms with Gasteiger partial charge in [0.2, 0.25) is 5.91 Å². The molecule has 0 spiro atoms. The van der Waals surface area contributed by atoms with E-state index in [1.54, 1.807) is 43.3 Å². The van der Waals surface area contributed by atoms with E-state index in [0.29, 0.717) is 11.3 Å². The van der Waals surface area contributed by atoms with E-state index in [9.17, 15) is 13.2 Å². The number of nitrogens with two attached hydrogens (primary N) is 1. The second kappa shape index (κ2) is 8.08. The van der Waals surface area contributed by atoms with Crippen LogP contribution in [0.5, 0.6) is 0 Å². The van der Waals surface area contributed by atoms with Crippen molar-refractivity contribution in [3.63, 3.8) is 0 Å². The Bertz CT molecular complexity index is 789. The van der Waals surface area contributed by atoms with Gasteiger partial charge in [0.05, 0.1) is 11.5 Å². The zero-order chi connectivity index (χ0) is 17.6. The quantitative estimate of drug-likeness (QED) is 0.805. The summed E-state index contributed by atoms with van der Waals surface area (Å²) in [7, 11) is -3.29. The predicted octanol–water partition coefficient (Wildman–Crippen LogP) is 2.33. The van der Waals surface area contributed by atoms with Crippen molar-refractivity contribution in [3.05, 3.63) is 65.7 Å². The van der Waals surface area contributed by atoms with Gasteiger partial charge in [-0.25, -0.2) is 8.42 Å². The van der Waals surface area contributed by atoms with Gasteiger partial charge in [0.1, 0.15) is 0 Å². The van der Waals surface area contributed by atoms with Crippen molar-refractivity contribution in [1.82, 2.24) is 0 Å². The molecule has 1 amide bonds. The topological polar surface area (TPSA) is 89.3 Å².